The Morgan fingerprint density at radius 3 is 2.74 bits per heavy atom. The van der Waals surface area contributed by atoms with E-state index >= 15 is 0 Å². The molecule has 0 saturated heterocycles. The Labute approximate surface area is 183 Å². The fourth-order valence-electron chi connectivity index (χ4n) is 2.71. The minimum absolute atomic E-state index is 0.0960. The van der Waals surface area contributed by atoms with Crippen molar-refractivity contribution in [1.82, 2.24) is 9.78 Å². The lowest BCUT2D eigenvalue weighted by Crippen LogP contribution is -2.41. The molecule has 31 heavy (non-hydrogen) atoms. The average molecular weight is 488 g/mol. The van der Waals surface area contributed by atoms with Crippen molar-refractivity contribution in [3.63, 3.8) is 0 Å². The molecule has 172 valence electrons. The van der Waals surface area contributed by atoms with E-state index in [1.54, 1.807) is 6.92 Å². The summed E-state index contributed by atoms with van der Waals surface area (Å²) in [5.74, 6) is -2.92. The van der Waals surface area contributed by atoms with Crippen LogP contribution in [0, 0.1) is 11.7 Å². The van der Waals surface area contributed by atoms with E-state index in [1.807, 2.05) is 0 Å². The molecule has 0 saturated carbocycles. The van der Waals surface area contributed by atoms with Crippen LogP contribution in [0.25, 0.3) is 5.69 Å². The first-order valence-electron chi connectivity index (χ1n) is 8.97. The zero-order chi connectivity index (χ0) is 23.3. The Morgan fingerprint density at radius 1 is 1.48 bits per heavy atom. The topological polar surface area (TPSA) is 94.5 Å². The average Bonchev–Trinajstić information content (AvgIpc) is 3.07. The second-order valence-electron chi connectivity index (χ2n) is 6.56. The van der Waals surface area contributed by atoms with Crippen molar-refractivity contribution in [3.8, 4) is 5.69 Å². The molecule has 0 fully saturated rings. The number of halogens is 5. The summed E-state index contributed by atoms with van der Waals surface area (Å²) >= 11 is 4.31. The van der Waals surface area contributed by atoms with Gasteiger partial charge in [0, 0.05) is 17.3 Å². The van der Waals surface area contributed by atoms with E-state index in [1.165, 1.54) is 24.2 Å². The molecule has 2 aromatic rings. The van der Waals surface area contributed by atoms with Gasteiger partial charge in [0.2, 0.25) is 5.91 Å². The molecule has 0 radical (unpaired) electrons. The molecule has 8 nitrogen and oxygen atoms in total. The molecule has 1 amide bonds. The smallest absolute Gasteiger partial charge is 0.393 e. The minimum atomic E-state index is -4.42. The number of carbonyl (C=O) groups is 1. The first-order chi connectivity index (χ1) is 14.4. The maximum Gasteiger partial charge on any atom is 0.393 e. The van der Waals surface area contributed by atoms with Crippen LogP contribution in [0.5, 0.6) is 0 Å². The van der Waals surface area contributed by atoms with Gasteiger partial charge in [-0.25, -0.2) is 9.07 Å². The van der Waals surface area contributed by atoms with Crippen LogP contribution in [0.15, 0.2) is 24.7 Å². The third-order valence-corrected chi connectivity index (χ3v) is 5.95. The molecule has 0 aliphatic carbocycles. The first kappa shape index (κ1) is 25.2. The van der Waals surface area contributed by atoms with Crippen LogP contribution < -0.4 is 14.6 Å². The number of anilines is 1. The Balaban J connectivity index is 2.18. The van der Waals surface area contributed by atoms with Gasteiger partial charge in [0.1, 0.15) is 22.9 Å². The standard InChI is InChI=1S/C17H19ClF4N4O4S/c1-3-25(16(27)11(2)10-31(29)5-4-17(20,21)22)14-9-26(23-15(14)18)13-6-12(19)7-24(8-13)30-28/h6-9,11H,3-5,10H2,1-2H3/p+1. The Kier molecular flexibility index (Phi) is 8.51. The zero-order valence-corrected chi connectivity index (χ0v) is 18.0. The number of alkyl halides is 3. The molecule has 2 rings (SSSR count). The molecule has 2 aromatic heterocycles. The van der Waals surface area contributed by atoms with Crippen molar-refractivity contribution in [2.24, 2.45) is 5.92 Å². The summed E-state index contributed by atoms with van der Waals surface area (Å²) in [5.41, 5.74) is 0.287. The predicted molar refractivity (Wildman–Crippen MR) is 104 cm³/mol. The normalized spacial score (nSPS) is 13.7. The summed E-state index contributed by atoms with van der Waals surface area (Å²) in [7, 11) is 0. The highest BCUT2D eigenvalue weighted by Gasteiger charge is 2.32. The summed E-state index contributed by atoms with van der Waals surface area (Å²) in [6, 6.07) is 1.08. The number of pyridine rings is 1. The second kappa shape index (κ2) is 10.5. The maximum absolute atomic E-state index is 13.7. The number of aromatic nitrogens is 3. The highest BCUT2D eigenvalue weighted by atomic mass is 35.5. The summed E-state index contributed by atoms with van der Waals surface area (Å²) < 4.78 is 64.3. The molecular formula is C17H20ClF4N4O4S+. The fraction of sp³-hybridized carbons (Fsp3) is 0.471. The third kappa shape index (κ3) is 6.95. The van der Waals surface area contributed by atoms with Gasteiger partial charge in [-0.1, -0.05) is 27.8 Å². The van der Waals surface area contributed by atoms with Crippen LogP contribution in [0.3, 0.4) is 0 Å². The van der Waals surface area contributed by atoms with Crippen molar-refractivity contribution in [3.05, 3.63) is 35.6 Å². The molecule has 0 aromatic carbocycles. The largest absolute Gasteiger partial charge is 0.616 e. The highest BCUT2D eigenvalue weighted by Crippen LogP contribution is 2.28. The van der Waals surface area contributed by atoms with Crippen molar-refractivity contribution >= 4 is 34.4 Å². The molecule has 1 N–H and O–H groups in total. The highest BCUT2D eigenvalue weighted by molar-refractivity contribution is 7.91. The van der Waals surface area contributed by atoms with Gasteiger partial charge in [-0.15, -0.1) is 5.26 Å². The monoisotopic (exact) mass is 487 g/mol. The fourth-order valence-corrected chi connectivity index (χ4v) is 4.27. The summed E-state index contributed by atoms with van der Waals surface area (Å²) in [6.45, 7) is 3.25. The SMILES string of the molecule is CCN(C(=O)C(C)C[S+]([O-])CCC(F)(F)F)c1cn(-c2cc(F)c[n+](OO)c2)nc1Cl. The Bertz CT molecular complexity index is 915. The molecule has 0 bridgehead atoms. The summed E-state index contributed by atoms with van der Waals surface area (Å²) in [6.07, 6.45) is -2.22. The molecule has 0 spiro atoms. The zero-order valence-electron chi connectivity index (χ0n) is 16.5. The molecule has 2 heterocycles. The molecular weight excluding hydrogens is 468 g/mol. The van der Waals surface area contributed by atoms with Crippen LogP contribution >= 0.6 is 11.6 Å². The van der Waals surface area contributed by atoms with Gasteiger partial charge in [-0.2, -0.15) is 18.3 Å². The molecule has 2 atom stereocenters. The van der Waals surface area contributed by atoms with E-state index < -0.39 is 47.2 Å². The number of carbonyl (C=O) groups excluding carboxylic acids is 1. The number of nitrogens with zero attached hydrogens (tertiary/aromatic N) is 4. The van der Waals surface area contributed by atoms with Gasteiger partial charge >= 0.3 is 6.18 Å². The third-order valence-electron chi connectivity index (χ3n) is 4.15. The van der Waals surface area contributed by atoms with Crippen molar-refractivity contribution in [2.75, 3.05) is 23.0 Å². The van der Waals surface area contributed by atoms with Gasteiger partial charge in [0.05, 0.1) is 18.5 Å². The van der Waals surface area contributed by atoms with Gasteiger partial charge in [-0.3, -0.25) is 4.79 Å². The van der Waals surface area contributed by atoms with Crippen LogP contribution in [0.1, 0.15) is 20.3 Å². The quantitative estimate of drug-likeness (QED) is 0.193. The van der Waals surface area contributed by atoms with Crippen LogP contribution in [-0.4, -0.2) is 49.7 Å². The molecule has 14 heteroatoms. The van der Waals surface area contributed by atoms with E-state index in [0.29, 0.717) is 4.73 Å². The van der Waals surface area contributed by atoms with Crippen LogP contribution in [0.2, 0.25) is 5.15 Å². The van der Waals surface area contributed by atoms with Crippen molar-refractivity contribution < 1.29 is 41.9 Å². The Hall–Kier alpha value is -2.09. The molecule has 0 aliphatic heterocycles. The minimum Gasteiger partial charge on any atom is -0.616 e. The summed E-state index contributed by atoms with van der Waals surface area (Å²) in [5, 5.41) is 12.6. The van der Waals surface area contributed by atoms with E-state index in [9.17, 15) is 26.9 Å². The molecule has 0 aliphatic rings. The number of hydrogen-bond acceptors (Lipinski definition) is 5. The van der Waals surface area contributed by atoms with Crippen LogP contribution in [-0.2, 0) is 16.0 Å². The van der Waals surface area contributed by atoms with Gasteiger partial charge in [-0.05, 0) is 13.8 Å². The maximum atomic E-state index is 13.7. The van der Waals surface area contributed by atoms with Gasteiger partial charge in [0.15, 0.2) is 11.0 Å². The van der Waals surface area contributed by atoms with E-state index in [4.69, 9.17) is 16.9 Å². The second-order valence-corrected chi connectivity index (χ2v) is 8.54. The lowest BCUT2D eigenvalue weighted by molar-refractivity contribution is -0.956. The number of amides is 1. The van der Waals surface area contributed by atoms with Crippen LogP contribution in [0.4, 0.5) is 23.2 Å². The lowest BCUT2D eigenvalue weighted by Gasteiger charge is -2.24. The molecule has 2 unspecified atom stereocenters. The predicted octanol–water partition coefficient (Wildman–Crippen LogP) is 2.54. The Morgan fingerprint density at radius 2 is 2.16 bits per heavy atom. The number of rotatable bonds is 9. The first-order valence-corrected chi connectivity index (χ1v) is 10.8. The van der Waals surface area contributed by atoms with E-state index in [2.05, 4.69) is 10.1 Å². The van der Waals surface area contributed by atoms with Crippen molar-refractivity contribution in [2.45, 2.75) is 26.4 Å². The lowest BCUT2D eigenvalue weighted by atomic mass is 10.2. The van der Waals surface area contributed by atoms with Gasteiger partial charge < -0.3 is 9.45 Å². The van der Waals surface area contributed by atoms with E-state index in [0.717, 1.165) is 16.9 Å². The van der Waals surface area contributed by atoms with Crippen molar-refractivity contribution in [1.29, 1.82) is 0 Å². The number of hydrogen-bond donors (Lipinski definition) is 1. The van der Waals surface area contributed by atoms with E-state index in [-0.39, 0.29) is 28.8 Å². The van der Waals surface area contributed by atoms with Gasteiger partial charge in [0.25, 0.3) is 12.4 Å². The summed E-state index contributed by atoms with van der Waals surface area (Å²) in [4.78, 5) is 18.0.